The molecule has 0 bridgehead atoms. The minimum atomic E-state index is -0.475. The first kappa shape index (κ1) is 24.0. The van der Waals surface area contributed by atoms with Crippen LogP contribution in [-0.2, 0) is 4.74 Å². The van der Waals surface area contributed by atoms with E-state index in [0.717, 1.165) is 32.2 Å². The largest absolute Gasteiger partial charge is 0.490 e. The number of nitrogens with one attached hydrogen (secondary N) is 3. The SMILES string of the molecule is CCNC(=O)Nc1cn(C2CCCCO2)nc1-c1nc2cc(F)c(OCCCN(C)C)cc2[nH]1. The van der Waals surface area contributed by atoms with Crippen LogP contribution in [0.25, 0.3) is 22.6 Å². The van der Waals surface area contributed by atoms with Crippen LogP contribution >= 0.6 is 0 Å². The van der Waals surface area contributed by atoms with E-state index in [1.54, 1.807) is 16.9 Å². The molecule has 11 heteroatoms. The van der Waals surface area contributed by atoms with Gasteiger partial charge in [0.1, 0.15) is 6.23 Å². The van der Waals surface area contributed by atoms with Gasteiger partial charge in [0.25, 0.3) is 0 Å². The molecule has 4 rings (SSSR count). The Morgan fingerprint density at radius 2 is 2.24 bits per heavy atom. The number of H-pyrrole nitrogens is 1. The monoisotopic (exact) mass is 473 g/mol. The number of hydrogen-bond acceptors (Lipinski definition) is 6. The lowest BCUT2D eigenvalue weighted by Crippen LogP contribution is -2.28. The molecular formula is C23H32FN7O3. The van der Waals surface area contributed by atoms with Crippen LogP contribution in [0.15, 0.2) is 18.3 Å². The van der Waals surface area contributed by atoms with Crippen LogP contribution in [0.5, 0.6) is 5.75 Å². The molecule has 0 aliphatic carbocycles. The number of nitrogens with zero attached hydrogens (tertiary/aromatic N) is 4. The first-order chi connectivity index (χ1) is 16.4. The van der Waals surface area contributed by atoms with Crippen LogP contribution in [0.4, 0.5) is 14.9 Å². The van der Waals surface area contributed by atoms with Crippen molar-refractivity contribution in [3.05, 3.63) is 24.1 Å². The van der Waals surface area contributed by atoms with Gasteiger partial charge < -0.3 is 30.0 Å². The molecule has 1 aromatic carbocycles. The number of rotatable bonds is 9. The molecule has 2 aromatic heterocycles. The molecule has 1 fully saturated rings. The van der Waals surface area contributed by atoms with Crippen LogP contribution in [-0.4, -0.2) is 71.1 Å². The van der Waals surface area contributed by atoms with Crippen LogP contribution in [0.2, 0.25) is 0 Å². The third kappa shape index (κ3) is 5.65. The number of aromatic amines is 1. The Morgan fingerprint density at radius 1 is 1.38 bits per heavy atom. The van der Waals surface area contributed by atoms with E-state index in [1.807, 2.05) is 25.9 Å². The molecule has 0 saturated carbocycles. The van der Waals surface area contributed by atoms with E-state index >= 15 is 0 Å². The number of ether oxygens (including phenoxy) is 2. The number of hydrogen-bond donors (Lipinski definition) is 3. The highest BCUT2D eigenvalue weighted by Gasteiger charge is 2.23. The fraction of sp³-hybridized carbons (Fsp3) is 0.522. The molecule has 0 radical (unpaired) electrons. The molecule has 3 heterocycles. The second-order valence-electron chi connectivity index (χ2n) is 8.57. The van der Waals surface area contributed by atoms with Crippen molar-refractivity contribution in [2.75, 3.05) is 45.7 Å². The summed E-state index contributed by atoms with van der Waals surface area (Å²) in [6.07, 6.45) is 5.22. The highest BCUT2D eigenvalue weighted by molar-refractivity contribution is 5.93. The van der Waals surface area contributed by atoms with Crippen LogP contribution in [0, 0.1) is 5.82 Å². The Labute approximate surface area is 197 Å². The number of carbonyl (C=O) groups is 1. The van der Waals surface area contributed by atoms with E-state index in [1.165, 1.54) is 6.07 Å². The minimum Gasteiger partial charge on any atom is -0.490 e. The summed E-state index contributed by atoms with van der Waals surface area (Å²) in [4.78, 5) is 22.0. The van der Waals surface area contributed by atoms with E-state index in [9.17, 15) is 9.18 Å². The molecule has 10 nitrogen and oxygen atoms in total. The maximum Gasteiger partial charge on any atom is 0.319 e. The summed E-state index contributed by atoms with van der Waals surface area (Å²) in [5.74, 6) is 0.112. The maximum atomic E-state index is 14.6. The number of benzene rings is 1. The molecule has 34 heavy (non-hydrogen) atoms. The number of anilines is 1. The van der Waals surface area contributed by atoms with Crippen molar-refractivity contribution in [1.29, 1.82) is 0 Å². The number of halogens is 1. The van der Waals surface area contributed by atoms with Crippen LogP contribution in [0.1, 0.15) is 38.8 Å². The zero-order valence-electron chi connectivity index (χ0n) is 19.9. The quantitative estimate of drug-likeness (QED) is 0.409. The molecule has 3 N–H and O–H groups in total. The number of aromatic nitrogens is 4. The molecule has 0 spiro atoms. The van der Waals surface area contributed by atoms with E-state index in [-0.39, 0.29) is 18.0 Å². The zero-order chi connectivity index (χ0) is 24.1. The first-order valence-electron chi connectivity index (χ1n) is 11.7. The third-order valence-electron chi connectivity index (χ3n) is 5.54. The van der Waals surface area contributed by atoms with Gasteiger partial charge in [0.2, 0.25) is 0 Å². The summed E-state index contributed by atoms with van der Waals surface area (Å²) < 4.78 is 27.8. The molecule has 1 aliphatic heterocycles. The average molecular weight is 474 g/mol. The summed E-state index contributed by atoms with van der Waals surface area (Å²) >= 11 is 0. The van der Waals surface area contributed by atoms with Gasteiger partial charge in [-0.05, 0) is 46.7 Å². The molecule has 1 atom stereocenters. The van der Waals surface area contributed by atoms with Gasteiger partial charge in [0.15, 0.2) is 23.1 Å². The Bertz CT molecular complexity index is 1120. The number of fused-ring (bicyclic) bond motifs is 1. The molecule has 184 valence electrons. The fourth-order valence-corrected chi connectivity index (χ4v) is 3.86. The molecule has 1 saturated heterocycles. The number of urea groups is 1. The normalized spacial score (nSPS) is 16.2. The fourth-order valence-electron chi connectivity index (χ4n) is 3.86. The number of carbonyl (C=O) groups excluding carboxylic acids is 1. The summed E-state index contributed by atoms with van der Waals surface area (Å²) in [7, 11) is 3.96. The second-order valence-corrected chi connectivity index (χ2v) is 8.57. The zero-order valence-corrected chi connectivity index (χ0v) is 19.9. The predicted molar refractivity (Wildman–Crippen MR) is 127 cm³/mol. The topological polar surface area (TPSA) is 109 Å². The molecular weight excluding hydrogens is 441 g/mol. The van der Waals surface area contributed by atoms with Crippen LogP contribution in [0.3, 0.4) is 0 Å². The van der Waals surface area contributed by atoms with Crippen molar-refractivity contribution in [2.24, 2.45) is 0 Å². The molecule has 1 unspecified atom stereocenters. The predicted octanol–water partition coefficient (Wildman–Crippen LogP) is 3.74. The number of amides is 2. The Balaban J connectivity index is 1.62. The highest BCUT2D eigenvalue weighted by atomic mass is 19.1. The Hall–Kier alpha value is -3.18. The highest BCUT2D eigenvalue weighted by Crippen LogP contribution is 2.32. The summed E-state index contributed by atoms with van der Waals surface area (Å²) in [6, 6.07) is 2.60. The summed E-state index contributed by atoms with van der Waals surface area (Å²) in [5, 5.41) is 10.2. The van der Waals surface area contributed by atoms with Gasteiger partial charge in [-0.15, -0.1) is 0 Å². The van der Waals surface area contributed by atoms with Crippen molar-refractivity contribution in [3.8, 4) is 17.3 Å². The molecule has 1 aliphatic rings. The van der Waals surface area contributed by atoms with Gasteiger partial charge in [-0.3, -0.25) is 0 Å². The average Bonchev–Trinajstić information content (AvgIpc) is 3.41. The van der Waals surface area contributed by atoms with Gasteiger partial charge in [-0.25, -0.2) is 18.9 Å². The maximum absolute atomic E-state index is 14.6. The second kappa shape index (κ2) is 10.8. The lowest BCUT2D eigenvalue weighted by Gasteiger charge is -2.22. The van der Waals surface area contributed by atoms with Crippen molar-refractivity contribution >= 4 is 22.8 Å². The first-order valence-corrected chi connectivity index (χ1v) is 11.7. The van der Waals surface area contributed by atoms with Gasteiger partial charge >= 0.3 is 6.03 Å². The summed E-state index contributed by atoms with van der Waals surface area (Å²) in [6.45, 7) is 4.26. The van der Waals surface area contributed by atoms with Gasteiger partial charge in [-0.2, -0.15) is 5.10 Å². The van der Waals surface area contributed by atoms with E-state index < -0.39 is 5.82 Å². The summed E-state index contributed by atoms with van der Waals surface area (Å²) in [5.41, 5.74) is 2.00. The van der Waals surface area contributed by atoms with Crippen molar-refractivity contribution in [1.82, 2.24) is 30.0 Å². The lowest BCUT2D eigenvalue weighted by molar-refractivity contribution is -0.0393. The smallest absolute Gasteiger partial charge is 0.319 e. The van der Waals surface area contributed by atoms with Crippen molar-refractivity contribution in [3.63, 3.8) is 0 Å². The third-order valence-corrected chi connectivity index (χ3v) is 5.54. The lowest BCUT2D eigenvalue weighted by atomic mass is 10.2. The van der Waals surface area contributed by atoms with E-state index in [2.05, 4.69) is 25.7 Å². The number of imidazole rings is 1. The van der Waals surface area contributed by atoms with Crippen molar-refractivity contribution in [2.45, 2.75) is 38.8 Å². The van der Waals surface area contributed by atoms with Gasteiger partial charge in [0, 0.05) is 31.8 Å². The Kier molecular flexibility index (Phi) is 7.63. The minimum absolute atomic E-state index is 0.170. The molecule has 3 aromatic rings. The van der Waals surface area contributed by atoms with Gasteiger partial charge in [-0.1, -0.05) is 0 Å². The standard InChI is InChI=1S/C23H32FN7O3/c1-4-25-23(32)28-18-14-31(20-8-5-6-10-34-20)29-21(18)22-26-16-12-15(24)19(13-17(16)27-22)33-11-7-9-30(2)3/h12-14,20H,4-11H2,1-3H3,(H,26,27)(H2,25,28,32). The van der Waals surface area contributed by atoms with Gasteiger partial charge in [0.05, 0.1) is 29.5 Å². The van der Waals surface area contributed by atoms with Crippen molar-refractivity contribution < 1.29 is 18.7 Å². The van der Waals surface area contributed by atoms with E-state index in [4.69, 9.17) is 9.47 Å². The van der Waals surface area contributed by atoms with Crippen LogP contribution < -0.4 is 15.4 Å². The molecule has 2 amide bonds. The Morgan fingerprint density at radius 3 is 2.97 bits per heavy atom. The van der Waals surface area contributed by atoms with E-state index in [0.29, 0.717) is 48.0 Å².